The lowest BCUT2D eigenvalue weighted by atomic mass is 10.2. The number of rotatable bonds is 2. The van der Waals surface area contributed by atoms with Gasteiger partial charge in [-0.05, 0) is 48.2 Å². The number of fused-ring (bicyclic) bond motifs is 1. The second-order valence-electron chi connectivity index (χ2n) is 4.35. The monoisotopic (exact) mass is 313 g/mol. The fraction of sp³-hybridized carbons (Fsp3) is 0.0625. The molecule has 0 spiro atoms. The quantitative estimate of drug-likeness (QED) is 0.656. The Balaban J connectivity index is 2.03. The van der Waals surface area contributed by atoms with Crippen LogP contribution in [0.2, 0.25) is 0 Å². The lowest BCUT2D eigenvalue weighted by Crippen LogP contribution is -1.90. The Morgan fingerprint density at radius 2 is 1.89 bits per heavy atom. The van der Waals surface area contributed by atoms with E-state index in [1.54, 1.807) is 6.20 Å². The van der Waals surface area contributed by atoms with Gasteiger partial charge in [0.25, 0.3) is 0 Å². The Hall–Kier alpha value is -1.87. The molecule has 0 saturated heterocycles. The highest BCUT2D eigenvalue weighted by Gasteiger charge is 2.05. The van der Waals surface area contributed by atoms with Crippen LogP contribution in [0.3, 0.4) is 0 Å². The topological polar surface area (TPSA) is 22.1 Å². The molecule has 2 aromatic carbocycles. The number of hydrogen-bond donors (Lipinski definition) is 0. The average Bonchev–Trinajstić information content (AvgIpc) is 2.43. The summed E-state index contributed by atoms with van der Waals surface area (Å²) in [6, 6.07) is 16.0. The van der Waals surface area contributed by atoms with Crippen LogP contribution in [0.15, 0.2) is 59.2 Å². The minimum atomic E-state index is 0.639. The summed E-state index contributed by atoms with van der Waals surface area (Å²) >= 11 is 3.48. The number of nitrogens with zero attached hydrogens (tertiary/aromatic N) is 1. The van der Waals surface area contributed by atoms with E-state index in [9.17, 15) is 0 Å². The van der Waals surface area contributed by atoms with E-state index in [0.29, 0.717) is 5.88 Å². The Labute approximate surface area is 120 Å². The zero-order valence-electron chi connectivity index (χ0n) is 10.4. The van der Waals surface area contributed by atoms with Crippen LogP contribution in [0.1, 0.15) is 5.56 Å². The van der Waals surface area contributed by atoms with Crippen molar-refractivity contribution in [1.82, 2.24) is 4.98 Å². The van der Waals surface area contributed by atoms with E-state index in [0.717, 1.165) is 26.6 Å². The van der Waals surface area contributed by atoms with E-state index in [-0.39, 0.29) is 0 Å². The van der Waals surface area contributed by atoms with Gasteiger partial charge in [-0.2, -0.15) is 0 Å². The normalized spacial score (nSPS) is 10.6. The summed E-state index contributed by atoms with van der Waals surface area (Å²) in [6.07, 6.45) is 1.77. The molecule has 0 radical (unpaired) electrons. The van der Waals surface area contributed by atoms with E-state index in [1.807, 2.05) is 49.4 Å². The largest absolute Gasteiger partial charge is 0.438 e. The first-order chi connectivity index (χ1) is 9.24. The van der Waals surface area contributed by atoms with Crippen LogP contribution in [-0.4, -0.2) is 4.98 Å². The van der Waals surface area contributed by atoms with E-state index in [2.05, 4.69) is 27.0 Å². The molecule has 0 unspecified atom stereocenters. The van der Waals surface area contributed by atoms with Crippen LogP contribution >= 0.6 is 15.9 Å². The number of halogens is 1. The second-order valence-corrected chi connectivity index (χ2v) is 5.20. The van der Waals surface area contributed by atoms with E-state index in [4.69, 9.17) is 4.74 Å². The molecule has 0 aliphatic heterocycles. The van der Waals surface area contributed by atoms with E-state index in [1.165, 1.54) is 0 Å². The minimum Gasteiger partial charge on any atom is -0.438 e. The Morgan fingerprint density at radius 1 is 1.05 bits per heavy atom. The second kappa shape index (κ2) is 5.02. The summed E-state index contributed by atoms with van der Waals surface area (Å²) in [6.45, 7) is 2.04. The first kappa shape index (κ1) is 12.2. The Kier molecular flexibility index (Phi) is 3.22. The molecule has 0 bridgehead atoms. The highest BCUT2D eigenvalue weighted by atomic mass is 79.9. The third-order valence-corrected chi connectivity index (χ3v) is 3.87. The van der Waals surface area contributed by atoms with Crippen LogP contribution in [0, 0.1) is 6.92 Å². The van der Waals surface area contributed by atoms with Crippen molar-refractivity contribution in [3.63, 3.8) is 0 Å². The van der Waals surface area contributed by atoms with Gasteiger partial charge in [0.05, 0.1) is 0 Å². The van der Waals surface area contributed by atoms with Crippen LogP contribution < -0.4 is 4.74 Å². The van der Waals surface area contributed by atoms with Crippen molar-refractivity contribution in [3.05, 3.63) is 64.8 Å². The average molecular weight is 314 g/mol. The van der Waals surface area contributed by atoms with Crippen molar-refractivity contribution in [2.45, 2.75) is 6.92 Å². The maximum absolute atomic E-state index is 5.90. The van der Waals surface area contributed by atoms with E-state index >= 15 is 0 Å². The van der Waals surface area contributed by atoms with Crippen molar-refractivity contribution in [2.24, 2.45) is 0 Å². The number of hydrogen-bond acceptors (Lipinski definition) is 2. The predicted molar refractivity (Wildman–Crippen MR) is 80.7 cm³/mol. The van der Waals surface area contributed by atoms with Gasteiger partial charge in [0.15, 0.2) is 0 Å². The maximum Gasteiger partial charge on any atom is 0.227 e. The smallest absolute Gasteiger partial charge is 0.227 e. The van der Waals surface area contributed by atoms with Gasteiger partial charge in [-0.25, -0.2) is 4.98 Å². The molecule has 0 fully saturated rings. The van der Waals surface area contributed by atoms with Gasteiger partial charge < -0.3 is 4.74 Å². The van der Waals surface area contributed by atoms with Crippen LogP contribution in [0.5, 0.6) is 11.6 Å². The summed E-state index contributed by atoms with van der Waals surface area (Å²) in [5.41, 5.74) is 1.14. The van der Waals surface area contributed by atoms with Crippen molar-refractivity contribution >= 4 is 26.7 Å². The van der Waals surface area contributed by atoms with Crippen molar-refractivity contribution in [3.8, 4) is 11.6 Å². The van der Waals surface area contributed by atoms with E-state index < -0.39 is 0 Å². The molecule has 0 atom stereocenters. The maximum atomic E-state index is 5.90. The van der Waals surface area contributed by atoms with Gasteiger partial charge in [-0.15, -0.1) is 0 Å². The molecule has 1 aromatic heterocycles. The number of pyridine rings is 1. The van der Waals surface area contributed by atoms with Crippen molar-refractivity contribution < 1.29 is 4.74 Å². The minimum absolute atomic E-state index is 0.639. The molecular formula is C16H12BrNO. The third-order valence-electron chi connectivity index (χ3n) is 2.98. The van der Waals surface area contributed by atoms with Gasteiger partial charge in [0.1, 0.15) is 5.75 Å². The van der Waals surface area contributed by atoms with Gasteiger partial charge in [-0.3, -0.25) is 0 Å². The van der Waals surface area contributed by atoms with Crippen LogP contribution in [-0.2, 0) is 0 Å². The molecule has 2 nitrogen and oxygen atoms in total. The summed E-state index contributed by atoms with van der Waals surface area (Å²) in [5.74, 6) is 1.43. The summed E-state index contributed by atoms with van der Waals surface area (Å²) in [5, 5.41) is 2.15. The van der Waals surface area contributed by atoms with Crippen molar-refractivity contribution in [2.75, 3.05) is 0 Å². The molecule has 0 aliphatic rings. The molecule has 0 aliphatic carbocycles. The first-order valence-corrected chi connectivity index (χ1v) is 6.81. The molecule has 1 heterocycles. The standard InChI is InChI=1S/C16H12BrNO/c1-11-10-13(6-7-15(11)17)19-16-14-5-3-2-4-12(14)8-9-18-16/h2-10H,1H3. The molecule has 0 amide bonds. The SMILES string of the molecule is Cc1cc(Oc2nccc3ccccc23)ccc1Br. The van der Waals surface area contributed by atoms with Gasteiger partial charge >= 0.3 is 0 Å². The third kappa shape index (κ3) is 2.47. The zero-order valence-corrected chi connectivity index (χ0v) is 12.0. The fourth-order valence-corrected chi connectivity index (χ4v) is 2.21. The van der Waals surface area contributed by atoms with Gasteiger partial charge in [0, 0.05) is 16.1 Å². The molecular weight excluding hydrogens is 302 g/mol. The predicted octanol–water partition coefficient (Wildman–Crippen LogP) is 5.10. The van der Waals surface area contributed by atoms with Crippen LogP contribution in [0.25, 0.3) is 10.8 Å². The molecule has 3 rings (SSSR count). The molecule has 0 N–H and O–H groups in total. The van der Waals surface area contributed by atoms with Crippen LogP contribution in [0.4, 0.5) is 0 Å². The molecule has 3 heteroatoms. The van der Waals surface area contributed by atoms with Gasteiger partial charge in [0.2, 0.25) is 5.88 Å². The summed E-state index contributed by atoms with van der Waals surface area (Å²) in [4.78, 5) is 4.32. The number of benzene rings is 2. The lowest BCUT2D eigenvalue weighted by Gasteiger charge is -2.08. The zero-order chi connectivity index (χ0) is 13.2. The molecule has 94 valence electrons. The number of aryl methyl sites for hydroxylation is 1. The highest BCUT2D eigenvalue weighted by Crippen LogP contribution is 2.29. The number of ether oxygens (including phenoxy) is 1. The Morgan fingerprint density at radius 3 is 2.74 bits per heavy atom. The first-order valence-electron chi connectivity index (χ1n) is 6.02. The van der Waals surface area contributed by atoms with Gasteiger partial charge in [-0.1, -0.05) is 34.1 Å². The highest BCUT2D eigenvalue weighted by molar-refractivity contribution is 9.10. The summed E-state index contributed by atoms with van der Waals surface area (Å²) in [7, 11) is 0. The molecule has 0 saturated carbocycles. The molecule has 19 heavy (non-hydrogen) atoms. The lowest BCUT2D eigenvalue weighted by molar-refractivity contribution is 0.469. The number of aromatic nitrogens is 1. The Bertz CT molecular complexity index is 734. The van der Waals surface area contributed by atoms with Crippen molar-refractivity contribution in [1.29, 1.82) is 0 Å². The summed E-state index contributed by atoms with van der Waals surface area (Å²) < 4.78 is 6.97. The fourth-order valence-electron chi connectivity index (χ4n) is 1.97. The molecule has 3 aromatic rings.